The number of rotatable bonds is 4. The van der Waals surface area contributed by atoms with Crippen LogP contribution in [0.5, 0.6) is 5.75 Å². The zero-order valence-corrected chi connectivity index (χ0v) is 11.1. The van der Waals surface area contributed by atoms with Crippen LogP contribution in [0.2, 0.25) is 0 Å². The van der Waals surface area contributed by atoms with E-state index in [-0.39, 0.29) is 0 Å². The second kappa shape index (κ2) is 5.09. The molecule has 94 valence electrons. The number of benzene rings is 1. The monoisotopic (exact) mass is 233 g/mol. The highest BCUT2D eigenvalue weighted by Gasteiger charge is 2.27. The Morgan fingerprint density at radius 3 is 2.82 bits per heavy atom. The number of hydrogen-bond acceptors (Lipinski definition) is 2. The molecule has 1 atom stereocenters. The molecular formula is C15H23NO. The van der Waals surface area contributed by atoms with Crippen molar-refractivity contribution in [2.75, 3.05) is 6.54 Å². The summed E-state index contributed by atoms with van der Waals surface area (Å²) in [6, 6.07) is 2.46. The highest BCUT2D eigenvalue weighted by atomic mass is 16.3. The van der Waals surface area contributed by atoms with Crippen LogP contribution in [-0.4, -0.2) is 11.7 Å². The third-order valence-electron chi connectivity index (χ3n) is 3.82. The summed E-state index contributed by atoms with van der Waals surface area (Å²) in [5.74, 6) is 0.511. The van der Waals surface area contributed by atoms with Crippen LogP contribution in [0.3, 0.4) is 0 Å². The van der Waals surface area contributed by atoms with Gasteiger partial charge >= 0.3 is 0 Å². The molecular weight excluding hydrogens is 210 g/mol. The summed E-state index contributed by atoms with van der Waals surface area (Å²) in [7, 11) is 0. The topological polar surface area (TPSA) is 32.3 Å². The molecule has 0 unspecified atom stereocenters. The standard InChI is InChI=1S/C15H23NO/c1-4-5-8-16-13-7-6-12-10(2)9-11(3)15(17)14(12)13/h9,13,16-17H,4-8H2,1-3H3/t13-/m0/s1. The molecule has 1 aromatic rings. The maximum absolute atomic E-state index is 10.2. The first-order valence-electron chi connectivity index (χ1n) is 6.70. The lowest BCUT2D eigenvalue weighted by molar-refractivity contribution is 0.444. The molecule has 2 N–H and O–H groups in total. The molecule has 0 saturated carbocycles. The van der Waals surface area contributed by atoms with E-state index in [1.807, 2.05) is 6.92 Å². The molecule has 1 aromatic carbocycles. The fraction of sp³-hybridized carbons (Fsp3) is 0.600. The molecule has 0 saturated heterocycles. The molecule has 2 nitrogen and oxygen atoms in total. The van der Waals surface area contributed by atoms with E-state index in [0.717, 1.165) is 24.9 Å². The van der Waals surface area contributed by atoms with Crippen LogP contribution in [0.1, 0.15) is 54.5 Å². The van der Waals surface area contributed by atoms with Gasteiger partial charge in [-0.25, -0.2) is 0 Å². The number of phenols is 1. The Labute approximate surface area is 104 Å². The predicted molar refractivity (Wildman–Crippen MR) is 71.6 cm³/mol. The lowest BCUT2D eigenvalue weighted by Gasteiger charge is -2.17. The number of aryl methyl sites for hydroxylation is 2. The van der Waals surface area contributed by atoms with E-state index in [4.69, 9.17) is 0 Å². The predicted octanol–water partition coefficient (Wildman–Crippen LogP) is 3.39. The van der Waals surface area contributed by atoms with Gasteiger partial charge in [0, 0.05) is 11.6 Å². The van der Waals surface area contributed by atoms with Crippen molar-refractivity contribution in [3.05, 3.63) is 28.3 Å². The van der Waals surface area contributed by atoms with Crippen molar-refractivity contribution in [2.45, 2.75) is 52.5 Å². The second-order valence-electron chi connectivity index (χ2n) is 5.15. The molecule has 17 heavy (non-hydrogen) atoms. The van der Waals surface area contributed by atoms with E-state index in [2.05, 4.69) is 25.2 Å². The minimum absolute atomic E-state index is 0.357. The molecule has 1 aliphatic rings. The molecule has 0 aromatic heterocycles. The van der Waals surface area contributed by atoms with Crippen molar-refractivity contribution >= 4 is 0 Å². The van der Waals surface area contributed by atoms with Crippen LogP contribution in [0.15, 0.2) is 6.07 Å². The third kappa shape index (κ3) is 2.32. The minimum atomic E-state index is 0.357. The average molecular weight is 233 g/mol. The van der Waals surface area contributed by atoms with Crippen molar-refractivity contribution in [1.82, 2.24) is 5.32 Å². The van der Waals surface area contributed by atoms with Crippen molar-refractivity contribution in [3.8, 4) is 5.75 Å². The Balaban J connectivity index is 2.24. The molecule has 2 heteroatoms. The highest BCUT2D eigenvalue weighted by Crippen LogP contribution is 2.41. The van der Waals surface area contributed by atoms with Gasteiger partial charge in [0.15, 0.2) is 0 Å². The van der Waals surface area contributed by atoms with Crippen LogP contribution < -0.4 is 5.32 Å². The van der Waals surface area contributed by atoms with Gasteiger partial charge in [-0.3, -0.25) is 0 Å². The summed E-state index contributed by atoms with van der Waals surface area (Å²) >= 11 is 0. The van der Waals surface area contributed by atoms with Crippen LogP contribution >= 0.6 is 0 Å². The van der Waals surface area contributed by atoms with E-state index in [9.17, 15) is 5.11 Å². The lowest BCUT2D eigenvalue weighted by atomic mass is 9.98. The summed E-state index contributed by atoms with van der Waals surface area (Å²) in [6.45, 7) is 7.40. The van der Waals surface area contributed by atoms with Crippen molar-refractivity contribution in [1.29, 1.82) is 0 Å². The maximum Gasteiger partial charge on any atom is 0.123 e. The summed E-state index contributed by atoms with van der Waals surface area (Å²) in [5.41, 5.74) is 4.86. The van der Waals surface area contributed by atoms with Gasteiger partial charge in [-0.2, -0.15) is 0 Å². The SMILES string of the molecule is CCCCN[C@H]1CCc2c(C)cc(C)c(O)c21. The first-order valence-corrected chi connectivity index (χ1v) is 6.70. The molecule has 0 amide bonds. The Bertz CT molecular complexity index is 412. The van der Waals surface area contributed by atoms with Crippen LogP contribution in [0.4, 0.5) is 0 Å². The zero-order valence-electron chi connectivity index (χ0n) is 11.1. The van der Waals surface area contributed by atoms with Gasteiger partial charge in [-0.1, -0.05) is 19.4 Å². The number of fused-ring (bicyclic) bond motifs is 1. The number of nitrogens with one attached hydrogen (secondary N) is 1. The average Bonchev–Trinajstić information content (AvgIpc) is 2.71. The fourth-order valence-corrected chi connectivity index (χ4v) is 2.85. The Morgan fingerprint density at radius 1 is 1.35 bits per heavy atom. The summed E-state index contributed by atoms with van der Waals surface area (Å²) in [6.07, 6.45) is 4.64. The fourth-order valence-electron chi connectivity index (χ4n) is 2.85. The Hall–Kier alpha value is -1.02. The van der Waals surface area contributed by atoms with Crippen molar-refractivity contribution in [2.24, 2.45) is 0 Å². The molecule has 0 fully saturated rings. The van der Waals surface area contributed by atoms with E-state index < -0.39 is 0 Å². The number of unbranched alkanes of at least 4 members (excludes halogenated alkanes) is 1. The van der Waals surface area contributed by atoms with Crippen molar-refractivity contribution < 1.29 is 5.11 Å². The first kappa shape index (κ1) is 12.4. The molecule has 1 aliphatic carbocycles. The van der Waals surface area contributed by atoms with Crippen LogP contribution in [0.25, 0.3) is 0 Å². The van der Waals surface area contributed by atoms with Crippen LogP contribution in [0, 0.1) is 13.8 Å². The molecule has 0 heterocycles. The highest BCUT2D eigenvalue weighted by molar-refractivity contribution is 5.53. The Morgan fingerprint density at radius 2 is 2.12 bits per heavy atom. The minimum Gasteiger partial charge on any atom is -0.507 e. The zero-order chi connectivity index (χ0) is 12.4. The second-order valence-corrected chi connectivity index (χ2v) is 5.15. The van der Waals surface area contributed by atoms with Gasteiger partial charge in [0.25, 0.3) is 0 Å². The van der Waals surface area contributed by atoms with Crippen molar-refractivity contribution in [3.63, 3.8) is 0 Å². The smallest absolute Gasteiger partial charge is 0.123 e. The van der Waals surface area contributed by atoms with Gasteiger partial charge in [0.05, 0.1) is 0 Å². The van der Waals surface area contributed by atoms with E-state index >= 15 is 0 Å². The van der Waals surface area contributed by atoms with Crippen LogP contribution in [-0.2, 0) is 6.42 Å². The Kier molecular flexibility index (Phi) is 3.72. The third-order valence-corrected chi connectivity index (χ3v) is 3.82. The maximum atomic E-state index is 10.2. The molecule has 2 rings (SSSR count). The van der Waals surface area contributed by atoms with E-state index in [1.54, 1.807) is 0 Å². The normalized spacial score (nSPS) is 18.4. The molecule has 0 spiro atoms. The van der Waals surface area contributed by atoms with Gasteiger partial charge < -0.3 is 10.4 Å². The van der Waals surface area contributed by atoms with E-state index in [1.165, 1.54) is 29.5 Å². The molecule has 0 bridgehead atoms. The first-order chi connectivity index (χ1) is 8.15. The summed E-state index contributed by atoms with van der Waals surface area (Å²) in [5, 5.41) is 13.8. The van der Waals surface area contributed by atoms with E-state index in [0.29, 0.717) is 11.8 Å². The number of aromatic hydroxyl groups is 1. The number of phenolic OH excluding ortho intramolecular Hbond substituents is 1. The van der Waals surface area contributed by atoms with Gasteiger partial charge in [0.2, 0.25) is 0 Å². The lowest BCUT2D eigenvalue weighted by Crippen LogP contribution is -2.20. The van der Waals surface area contributed by atoms with Gasteiger partial charge in [-0.05, 0) is 56.3 Å². The molecule has 0 aliphatic heterocycles. The molecule has 0 radical (unpaired) electrons. The summed E-state index contributed by atoms with van der Waals surface area (Å²) < 4.78 is 0. The summed E-state index contributed by atoms with van der Waals surface area (Å²) in [4.78, 5) is 0. The number of hydrogen-bond donors (Lipinski definition) is 2. The largest absolute Gasteiger partial charge is 0.507 e. The van der Waals surface area contributed by atoms with Gasteiger partial charge in [-0.15, -0.1) is 0 Å². The van der Waals surface area contributed by atoms with Gasteiger partial charge in [0.1, 0.15) is 5.75 Å². The quantitative estimate of drug-likeness (QED) is 0.781.